The summed E-state index contributed by atoms with van der Waals surface area (Å²) < 4.78 is 5.73. The summed E-state index contributed by atoms with van der Waals surface area (Å²) in [5, 5.41) is 12.2. The van der Waals surface area contributed by atoms with Gasteiger partial charge in [0, 0.05) is 12.5 Å². The fourth-order valence-corrected chi connectivity index (χ4v) is 3.50. The lowest BCUT2D eigenvalue weighted by Gasteiger charge is -2.38. The predicted octanol–water partition coefficient (Wildman–Crippen LogP) is 2.15. The number of ether oxygens (including phenoxy) is 1. The SMILES string of the molecule is N/C(=N/O)C1CCCCN1CC1CCOc2ccccc21. The Labute approximate surface area is 125 Å². The minimum Gasteiger partial charge on any atom is -0.493 e. The molecule has 5 heteroatoms. The molecule has 21 heavy (non-hydrogen) atoms. The number of benzene rings is 1. The molecule has 1 aromatic carbocycles. The van der Waals surface area contributed by atoms with E-state index in [2.05, 4.69) is 22.2 Å². The van der Waals surface area contributed by atoms with E-state index in [1.165, 1.54) is 12.0 Å². The summed E-state index contributed by atoms with van der Waals surface area (Å²) in [5.41, 5.74) is 7.16. The molecule has 0 bridgehead atoms. The van der Waals surface area contributed by atoms with Crippen molar-refractivity contribution in [1.82, 2.24) is 4.90 Å². The molecule has 2 unspecified atom stereocenters. The summed E-state index contributed by atoms with van der Waals surface area (Å²) in [5.74, 6) is 1.81. The molecule has 0 amide bonds. The number of oxime groups is 1. The molecule has 1 saturated heterocycles. The van der Waals surface area contributed by atoms with Crippen LogP contribution in [-0.4, -0.2) is 41.7 Å². The molecular weight excluding hydrogens is 266 g/mol. The Bertz CT molecular complexity index is 518. The van der Waals surface area contributed by atoms with Gasteiger partial charge in [0.15, 0.2) is 5.84 Å². The Balaban J connectivity index is 1.76. The van der Waals surface area contributed by atoms with Gasteiger partial charge in [-0.1, -0.05) is 29.8 Å². The predicted molar refractivity (Wildman–Crippen MR) is 81.9 cm³/mol. The first-order valence-electron chi connectivity index (χ1n) is 7.73. The molecule has 0 aromatic heterocycles. The molecule has 0 aliphatic carbocycles. The highest BCUT2D eigenvalue weighted by Crippen LogP contribution is 2.35. The van der Waals surface area contributed by atoms with Crippen LogP contribution in [0.25, 0.3) is 0 Å². The summed E-state index contributed by atoms with van der Waals surface area (Å²) in [6.07, 6.45) is 4.32. The minimum atomic E-state index is 0.0683. The molecule has 2 atom stereocenters. The van der Waals surface area contributed by atoms with Gasteiger partial charge in [0.2, 0.25) is 0 Å². The second-order valence-corrected chi connectivity index (χ2v) is 5.90. The molecule has 1 aromatic rings. The van der Waals surface area contributed by atoms with Gasteiger partial charge in [-0.15, -0.1) is 0 Å². The monoisotopic (exact) mass is 289 g/mol. The van der Waals surface area contributed by atoms with E-state index in [-0.39, 0.29) is 6.04 Å². The van der Waals surface area contributed by atoms with Crippen molar-refractivity contribution in [1.29, 1.82) is 0 Å². The Hall–Kier alpha value is -1.75. The van der Waals surface area contributed by atoms with E-state index in [1.807, 2.05) is 12.1 Å². The highest BCUT2D eigenvalue weighted by molar-refractivity contribution is 5.85. The van der Waals surface area contributed by atoms with Crippen molar-refractivity contribution in [3.63, 3.8) is 0 Å². The smallest absolute Gasteiger partial charge is 0.156 e. The van der Waals surface area contributed by atoms with Crippen LogP contribution >= 0.6 is 0 Å². The molecule has 5 nitrogen and oxygen atoms in total. The zero-order valence-corrected chi connectivity index (χ0v) is 12.2. The van der Waals surface area contributed by atoms with Gasteiger partial charge in [-0.25, -0.2) is 0 Å². The van der Waals surface area contributed by atoms with Crippen LogP contribution in [-0.2, 0) is 0 Å². The molecular formula is C16H23N3O2. The summed E-state index contributed by atoms with van der Waals surface area (Å²) >= 11 is 0. The quantitative estimate of drug-likeness (QED) is 0.387. The van der Waals surface area contributed by atoms with Crippen molar-refractivity contribution < 1.29 is 9.94 Å². The van der Waals surface area contributed by atoms with Crippen LogP contribution < -0.4 is 10.5 Å². The van der Waals surface area contributed by atoms with Crippen molar-refractivity contribution in [3.8, 4) is 5.75 Å². The van der Waals surface area contributed by atoms with E-state index in [9.17, 15) is 0 Å². The van der Waals surface area contributed by atoms with Crippen LogP contribution in [0.2, 0.25) is 0 Å². The fourth-order valence-electron chi connectivity index (χ4n) is 3.50. The molecule has 2 heterocycles. The zero-order valence-electron chi connectivity index (χ0n) is 12.2. The normalized spacial score (nSPS) is 27.0. The number of nitrogens with zero attached hydrogens (tertiary/aromatic N) is 2. The maximum Gasteiger partial charge on any atom is 0.156 e. The third kappa shape index (κ3) is 2.97. The van der Waals surface area contributed by atoms with E-state index >= 15 is 0 Å². The number of amidine groups is 1. The van der Waals surface area contributed by atoms with Gasteiger partial charge < -0.3 is 15.7 Å². The van der Waals surface area contributed by atoms with Crippen molar-refractivity contribution in [3.05, 3.63) is 29.8 Å². The van der Waals surface area contributed by atoms with Gasteiger partial charge in [-0.2, -0.15) is 0 Å². The highest BCUT2D eigenvalue weighted by atomic mass is 16.5. The Morgan fingerprint density at radius 3 is 3.05 bits per heavy atom. The van der Waals surface area contributed by atoms with Crippen LogP contribution in [0.3, 0.4) is 0 Å². The number of nitrogens with two attached hydrogens (primary N) is 1. The number of fused-ring (bicyclic) bond motifs is 1. The first kappa shape index (κ1) is 14.2. The van der Waals surface area contributed by atoms with Gasteiger partial charge in [0.1, 0.15) is 5.75 Å². The first-order valence-corrected chi connectivity index (χ1v) is 7.73. The second-order valence-electron chi connectivity index (χ2n) is 5.90. The maximum absolute atomic E-state index is 8.98. The Kier molecular flexibility index (Phi) is 4.29. The number of likely N-dealkylation sites (tertiary alicyclic amines) is 1. The van der Waals surface area contributed by atoms with Crippen LogP contribution in [0, 0.1) is 0 Å². The molecule has 3 N–H and O–H groups in total. The number of hydrogen-bond acceptors (Lipinski definition) is 4. The average molecular weight is 289 g/mol. The van der Waals surface area contributed by atoms with E-state index in [0.29, 0.717) is 11.8 Å². The molecule has 3 rings (SSSR count). The maximum atomic E-state index is 8.98. The molecule has 0 radical (unpaired) electrons. The third-order valence-electron chi connectivity index (χ3n) is 4.61. The van der Waals surface area contributed by atoms with Crippen LogP contribution in [0.1, 0.15) is 37.2 Å². The second kappa shape index (κ2) is 6.35. The summed E-state index contributed by atoms with van der Waals surface area (Å²) in [6.45, 7) is 2.73. The van der Waals surface area contributed by atoms with E-state index in [4.69, 9.17) is 15.7 Å². The third-order valence-corrected chi connectivity index (χ3v) is 4.61. The van der Waals surface area contributed by atoms with Crippen molar-refractivity contribution in [2.24, 2.45) is 10.9 Å². The van der Waals surface area contributed by atoms with Gasteiger partial charge in [-0.05, 0) is 37.4 Å². The zero-order chi connectivity index (χ0) is 14.7. The number of para-hydroxylation sites is 1. The lowest BCUT2D eigenvalue weighted by molar-refractivity contribution is 0.158. The Morgan fingerprint density at radius 1 is 1.33 bits per heavy atom. The lowest BCUT2D eigenvalue weighted by atomic mass is 9.90. The molecule has 0 saturated carbocycles. The molecule has 2 aliphatic heterocycles. The number of rotatable bonds is 3. The van der Waals surface area contributed by atoms with Crippen LogP contribution in [0.5, 0.6) is 5.75 Å². The molecule has 0 spiro atoms. The Morgan fingerprint density at radius 2 is 2.19 bits per heavy atom. The molecule has 114 valence electrons. The first-order chi connectivity index (χ1) is 10.3. The van der Waals surface area contributed by atoms with Crippen molar-refractivity contribution in [2.45, 2.75) is 37.6 Å². The largest absolute Gasteiger partial charge is 0.493 e. The van der Waals surface area contributed by atoms with Crippen molar-refractivity contribution in [2.75, 3.05) is 19.7 Å². The lowest BCUT2D eigenvalue weighted by Crippen LogP contribution is -2.49. The van der Waals surface area contributed by atoms with Crippen LogP contribution in [0.4, 0.5) is 0 Å². The van der Waals surface area contributed by atoms with Crippen LogP contribution in [0.15, 0.2) is 29.4 Å². The minimum absolute atomic E-state index is 0.0683. The van der Waals surface area contributed by atoms with E-state index < -0.39 is 0 Å². The standard InChI is InChI=1S/C16H23N3O2/c17-16(18-20)14-6-3-4-9-19(14)11-12-8-10-21-15-7-2-1-5-13(12)15/h1-2,5,7,12,14,20H,3-4,6,8-11H2,(H2,17,18). The summed E-state index contributed by atoms with van der Waals surface area (Å²) in [7, 11) is 0. The average Bonchev–Trinajstić information content (AvgIpc) is 2.55. The van der Waals surface area contributed by atoms with E-state index in [0.717, 1.165) is 44.7 Å². The molecule has 1 fully saturated rings. The highest BCUT2D eigenvalue weighted by Gasteiger charge is 2.30. The van der Waals surface area contributed by atoms with Gasteiger partial charge in [-0.3, -0.25) is 4.90 Å². The van der Waals surface area contributed by atoms with Gasteiger partial charge >= 0.3 is 0 Å². The van der Waals surface area contributed by atoms with Gasteiger partial charge in [0.25, 0.3) is 0 Å². The topological polar surface area (TPSA) is 71.1 Å². The fraction of sp³-hybridized carbons (Fsp3) is 0.562. The van der Waals surface area contributed by atoms with E-state index in [1.54, 1.807) is 0 Å². The summed E-state index contributed by atoms with van der Waals surface area (Å²) in [4.78, 5) is 2.37. The number of piperidine rings is 1. The van der Waals surface area contributed by atoms with Crippen molar-refractivity contribution >= 4 is 5.84 Å². The van der Waals surface area contributed by atoms with Gasteiger partial charge in [0.05, 0.1) is 12.6 Å². The molecule has 2 aliphatic rings. The number of hydrogen-bond donors (Lipinski definition) is 2. The summed E-state index contributed by atoms with van der Waals surface area (Å²) in [6, 6.07) is 8.35.